The first kappa shape index (κ1) is 14.4. The van der Waals surface area contributed by atoms with E-state index in [1.54, 1.807) is 12.0 Å². The van der Waals surface area contributed by atoms with Crippen LogP contribution in [-0.2, 0) is 14.3 Å². The summed E-state index contributed by atoms with van der Waals surface area (Å²) in [5.41, 5.74) is -0.633. The number of carbonyl (C=O) groups is 1. The molecule has 0 aromatic rings. The first-order valence-corrected chi connectivity index (χ1v) is 6.12. The summed E-state index contributed by atoms with van der Waals surface area (Å²) in [6.45, 7) is 4.19. The van der Waals surface area contributed by atoms with Gasteiger partial charge in [0.25, 0.3) is 0 Å². The highest BCUT2D eigenvalue weighted by Crippen LogP contribution is 2.21. The second kappa shape index (κ2) is 6.93. The number of methoxy groups -OCH3 is 1. The summed E-state index contributed by atoms with van der Waals surface area (Å²) in [6, 6.07) is 0. The Kier molecular flexibility index (Phi) is 5.88. The molecule has 0 bridgehead atoms. The van der Waals surface area contributed by atoms with Crippen molar-refractivity contribution in [2.45, 2.75) is 31.8 Å². The molecule has 1 aliphatic heterocycles. The molecule has 1 amide bonds. The third-order valence-corrected chi connectivity index (χ3v) is 3.07. The molecule has 100 valence electrons. The zero-order chi connectivity index (χ0) is 12.7. The standard InChI is InChI=1S/C12H23NO4/c1-12(15)4-3-6-13(7-5-12)11(14)10-17-9-8-16-2/h15H,3-10H2,1-2H3. The molecule has 1 saturated heterocycles. The number of carbonyl (C=O) groups excluding carboxylic acids is 1. The van der Waals surface area contributed by atoms with Crippen LogP contribution in [0.2, 0.25) is 0 Å². The van der Waals surface area contributed by atoms with E-state index >= 15 is 0 Å². The van der Waals surface area contributed by atoms with E-state index in [2.05, 4.69) is 0 Å². The van der Waals surface area contributed by atoms with Gasteiger partial charge in [-0.05, 0) is 26.2 Å². The Hall–Kier alpha value is -0.650. The highest BCUT2D eigenvalue weighted by molar-refractivity contribution is 5.77. The molecule has 1 atom stereocenters. The van der Waals surface area contributed by atoms with Crippen LogP contribution in [-0.4, -0.2) is 61.5 Å². The molecule has 1 heterocycles. The van der Waals surface area contributed by atoms with Crippen molar-refractivity contribution in [3.8, 4) is 0 Å². The van der Waals surface area contributed by atoms with Gasteiger partial charge in [0.15, 0.2) is 0 Å². The Morgan fingerprint density at radius 2 is 2.12 bits per heavy atom. The van der Waals surface area contributed by atoms with Gasteiger partial charge >= 0.3 is 0 Å². The molecule has 0 aliphatic carbocycles. The highest BCUT2D eigenvalue weighted by atomic mass is 16.5. The summed E-state index contributed by atoms with van der Waals surface area (Å²) < 4.78 is 10.0. The zero-order valence-electron chi connectivity index (χ0n) is 10.8. The largest absolute Gasteiger partial charge is 0.390 e. The lowest BCUT2D eigenvalue weighted by atomic mass is 9.98. The molecule has 0 spiro atoms. The number of hydrogen-bond donors (Lipinski definition) is 1. The molecule has 1 N–H and O–H groups in total. The lowest BCUT2D eigenvalue weighted by Gasteiger charge is -2.22. The van der Waals surface area contributed by atoms with Crippen molar-refractivity contribution < 1.29 is 19.4 Å². The van der Waals surface area contributed by atoms with Crippen LogP contribution in [0, 0.1) is 0 Å². The third kappa shape index (κ3) is 5.48. The molecule has 17 heavy (non-hydrogen) atoms. The fourth-order valence-corrected chi connectivity index (χ4v) is 1.91. The van der Waals surface area contributed by atoms with Crippen LogP contribution >= 0.6 is 0 Å². The lowest BCUT2D eigenvalue weighted by Crippen LogP contribution is -2.36. The average Bonchev–Trinajstić information content (AvgIpc) is 2.45. The van der Waals surface area contributed by atoms with Gasteiger partial charge in [-0.3, -0.25) is 4.79 Å². The number of aliphatic hydroxyl groups is 1. The van der Waals surface area contributed by atoms with Gasteiger partial charge < -0.3 is 19.5 Å². The monoisotopic (exact) mass is 245 g/mol. The first-order chi connectivity index (χ1) is 8.05. The predicted octanol–water partition coefficient (Wildman–Crippen LogP) is 0.413. The van der Waals surface area contributed by atoms with E-state index < -0.39 is 5.60 Å². The maximum Gasteiger partial charge on any atom is 0.248 e. The van der Waals surface area contributed by atoms with Gasteiger partial charge in [0.2, 0.25) is 5.91 Å². The summed E-state index contributed by atoms with van der Waals surface area (Å²) in [7, 11) is 1.60. The number of rotatable bonds is 5. The quantitative estimate of drug-likeness (QED) is 0.713. The molecule has 5 heteroatoms. The Bertz CT molecular complexity index is 243. The molecular formula is C12H23NO4. The van der Waals surface area contributed by atoms with E-state index in [1.807, 2.05) is 6.92 Å². The maximum atomic E-state index is 11.8. The molecule has 1 rings (SSSR count). The summed E-state index contributed by atoms with van der Waals surface area (Å²) in [4.78, 5) is 13.6. The number of amides is 1. The van der Waals surface area contributed by atoms with E-state index in [-0.39, 0.29) is 12.5 Å². The van der Waals surface area contributed by atoms with Gasteiger partial charge in [-0.25, -0.2) is 0 Å². The molecular weight excluding hydrogens is 222 g/mol. The summed E-state index contributed by atoms with van der Waals surface area (Å²) in [5, 5.41) is 9.91. The SMILES string of the molecule is COCCOCC(=O)N1CCCC(C)(O)CC1. The Labute approximate surface area is 103 Å². The molecule has 5 nitrogen and oxygen atoms in total. The van der Waals surface area contributed by atoms with Crippen LogP contribution in [0.3, 0.4) is 0 Å². The number of ether oxygens (including phenoxy) is 2. The van der Waals surface area contributed by atoms with Crippen molar-refractivity contribution in [3.63, 3.8) is 0 Å². The average molecular weight is 245 g/mol. The molecule has 0 radical (unpaired) electrons. The first-order valence-electron chi connectivity index (χ1n) is 6.12. The molecule has 1 unspecified atom stereocenters. The van der Waals surface area contributed by atoms with Crippen LogP contribution in [0.4, 0.5) is 0 Å². The lowest BCUT2D eigenvalue weighted by molar-refractivity contribution is -0.136. The van der Waals surface area contributed by atoms with Gasteiger partial charge in [0.05, 0.1) is 18.8 Å². The van der Waals surface area contributed by atoms with E-state index in [0.717, 1.165) is 12.8 Å². The molecule has 1 fully saturated rings. The Morgan fingerprint density at radius 1 is 1.35 bits per heavy atom. The van der Waals surface area contributed by atoms with Crippen molar-refractivity contribution in [3.05, 3.63) is 0 Å². The second-order valence-electron chi connectivity index (χ2n) is 4.78. The zero-order valence-corrected chi connectivity index (χ0v) is 10.8. The maximum absolute atomic E-state index is 11.8. The molecule has 0 aromatic heterocycles. The number of hydrogen-bond acceptors (Lipinski definition) is 4. The van der Waals surface area contributed by atoms with Gasteiger partial charge in [0.1, 0.15) is 6.61 Å². The van der Waals surface area contributed by atoms with Crippen molar-refractivity contribution in [2.24, 2.45) is 0 Å². The second-order valence-corrected chi connectivity index (χ2v) is 4.78. The van der Waals surface area contributed by atoms with Crippen molar-refractivity contribution in [1.29, 1.82) is 0 Å². The minimum Gasteiger partial charge on any atom is -0.390 e. The van der Waals surface area contributed by atoms with E-state index in [1.165, 1.54) is 0 Å². The predicted molar refractivity (Wildman–Crippen MR) is 63.7 cm³/mol. The van der Waals surface area contributed by atoms with Gasteiger partial charge in [0, 0.05) is 20.2 Å². The fraction of sp³-hybridized carbons (Fsp3) is 0.917. The van der Waals surface area contributed by atoms with Crippen LogP contribution in [0.5, 0.6) is 0 Å². The summed E-state index contributed by atoms with van der Waals surface area (Å²) in [6.07, 6.45) is 2.23. The summed E-state index contributed by atoms with van der Waals surface area (Å²) >= 11 is 0. The van der Waals surface area contributed by atoms with Gasteiger partial charge in [-0.15, -0.1) is 0 Å². The van der Waals surface area contributed by atoms with Crippen LogP contribution in [0.15, 0.2) is 0 Å². The number of likely N-dealkylation sites (tertiary alicyclic amines) is 1. The minimum atomic E-state index is -0.633. The molecule has 1 aliphatic rings. The van der Waals surface area contributed by atoms with E-state index in [0.29, 0.717) is 32.7 Å². The van der Waals surface area contributed by atoms with Crippen LogP contribution in [0.25, 0.3) is 0 Å². The Balaban J connectivity index is 2.27. The highest BCUT2D eigenvalue weighted by Gasteiger charge is 2.26. The van der Waals surface area contributed by atoms with Crippen LogP contribution in [0.1, 0.15) is 26.2 Å². The molecule has 0 saturated carbocycles. The van der Waals surface area contributed by atoms with Gasteiger partial charge in [-0.1, -0.05) is 0 Å². The fourth-order valence-electron chi connectivity index (χ4n) is 1.91. The topological polar surface area (TPSA) is 59.0 Å². The summed E-state index contributed by atoms with van der Waals surface area (Å²) in [5.74, 6) is -0.00111. The van der Waals surface area contributed by atoms with Crippen molar-refractivity contribution in [1.82, 2.24) is 4.90 Å². The minimum absolute atomic E-state index is 0.00111. The smallest absolute Gasteiger partial charge is 0.248 e. The molecule has 0 aromatic carbocycles. The number of nitrogens with zero attached hydrogens (tertiary/aromatic N) is 1. The third-order valence-electron chi connectivity index (χ3n) is 3.07. The van der Waals surface area contributed by atoms with Crippen molar-refractivity contribution in [2.75, 3.05) is 40.0 Å². The van der Waals surface area contributed by atoms with Crippen molar-refractivity contribution >= 4 is 5.91 Å². The normalized spacial score (nSPS) is 25.7. The van der Waals surface area contributed by atoms with E-state index in [9.17, 15) is 9.90 Å². The Morgan fingerprint density at radius 3 is 2.82 bits per heavy atom. The van der Waals surface area contributed by atoms with Crippen LogP contribution < -0.4 is 0 Å². The van der Waals surface area contributed by atoms with Gasteiger partial charge in [-0.2, -0.15) is 0 Å². The van der Waals surface area contributed by atoms with E-state index in [4.69, 9.17) is 9.47 Å².